The van der Waals surface area contributed by atoms with Gasteiger partial charge in [0.2, 0.25) is 5.91 Å². The summed E-state index contributed by atoms with van der Waals surface area (Å²) in [6.07, 6.45) is 3.71. The molecule has 3 aromatic rings. The minimum Gasteiger partial charge on any atom is -0.337 e. The number of hydrogen-bond acceptors (Lipinski definition) is 5. The third kappa shape index (κ3) is 4.47. The lowest BCUT2D eigenvalue weighted by Crippen LogP contribution is -2.31. The summed E-state index contributed by atoms with van der Waals surface area (Å²) in [7, 11) is 0. The van der Waals surface area contributed by atoms with Crippen LogP contribution in [-0.2, 0) is 4.79 Å². The molecule has 1 saturated heterocycles. The van der Waals surface area contributed by atoms with Crippen molar-refractivity contribution in [2.75, 3.05) is 23.7 Å². The van der Waals surface area contributed by atoms with Crippen molar-refractivity contribution >= 4 is 45.6 Å². The Bertz CT molecular complexity index is 1410. The number of likely N-dealkylation sites (tertiary alicyclic amines) is 1. The monoisotopic (exact) mass is 489 g/mol. The summed E-state index contributed by atoms with van der Waals surface area (Å²) in [5, 5.41) is 6.44. The molecule has 1 saturated carbocycles. The van der Waals surface area contributed by atoms with E-state index in [1.165, 1.54) is 18.5 Å². The number of rotatable bonds is 5. The van der Waals surface area contributed by atoms with E-state index >= 15 is 0 Å². The molecule has 2 N–H and O–H groups in total. The van der Waals surface area contributed by atoms with Crippen molar-refractivity contribution in [2.45, 2.75) is 26.3 Å². The Morgan fingerprint density at radius 1 is 1.34 bits per heavy atom. The van der Waals surface area contributed by atoms with E-state index in [4.69, 9.17) is 11.6 Å². The third-order valence-electron chi connectivity index (χ3n) is 6.77. The first-order chi connectivity index (χ1) is 16.8. The Labute approximate surface area is 208 Å². The lowest BCUT2D eigenvalue weighted by atomic mass is 10.0. The second-order valence-electron chi connectivity index (χ2n) is 9.39. The summed E-state index contributed by atoms with van der Waals surface area (Å²) >= 11 is 5.92. The Kier molecular flexibility index (Phi) is 5.96. The largest absolute Gasteiger partial charge is 0.337 e. The molecule has 2 aromatic carbocycles. The number of carbonyl (C=O) groups excluding carboxylic acids is 1. The number of nitrogens with zero attached hydrogens (tertiary/aromatic N) is 3. The van der Waals surface area contributed by atoms with Gasteiger partial charge in [-0.1, -0.05) is 36.1 Å². The zero-order chi connectivity index (χ0) is 24.7. The Morgan fingerprint density at radius 3 is 2.91 bits per heavy atom. The standard InChI is InChI=1S/C27H25ClFN5O/c1-4-24(35)32-22-11-19-23(30-15-31-26(19)33-21-7-5-6-20(28)25(21)29)10-17(22)8-9-27-12-18(27)13-34(14-27)16(2)3/h4-7,10-11,15-16,18H,1,12-14H2,2-3H3,(H,32,35)(H,30,31,33)/t18-,27+/m0/s1. The van der Waals surface area contributed by atoms with Crippen LogP contribution in [0.5, 0.6) is 0 Å². The SMILES string of the molecule is C=CC(=O)Nc1cc2c(Nc3cccc(Cl)c3F)ncnc2cc1C#C[C@]12C[C@H]1CN(C(C)C)C2. The Morgan fingerprint density at radius 2 is 2.17 bits per heavy atom. The normalized spacial score (nSPS) is 20.8. The molecule has 1 amide bonds. The fraction of sp³-hybridized carbons (Fsp3) is 0.296. The smallest absolute Gasteiger partial charge is 0.247 e. The van der Waals surface area contributed by atoms with Crippen molar-refractivity contribution in [3.05, 3.63) is 65.7 Å². The van der Waals surface area contributed by atoms with Gasteiger partial charge < -0.3 is 10.6 Å². The predicted octanol–water partition coefficient (Wildman–Crippen LogP) is 5.37. The van der Waals surface area contributed by atoms with Crippen LogP contribution >= 0.6 is 11.6 Å². The second kappa shape index (κ2) is 8.95. The first kappa shape index (κ1) is 23.3. The number of benzene rings is 2. The molecular weight excluding hydrogens is 465 g/mol. The average Bonchev–Trinajstić information content (AvgIpc) is 3.39. The molecule has 2 aliphatic rings. The fourth-order valence-electron chi connectivity index (χ4n) is 4.62. The summed E-state index contributed by atoms with van der Waals surface area (Å²) in [6, 6.07) is 8.77. The summed E-state index contributed by atoms with van der Waals surface area (Å²) < 4.78 is 14.5. The van der Waals surface area contributed by atoms with Crippen molar-refractivity contribution in [1.29, 1.82) is 0 Å². The fourth-order valence-corrected chi connectivity index (χ4v) is 4.80. The number of nitrogens with one attached hydrogen (secondary N) is 2. The number of carbonyl (C=O) groups is 1. The molecule has 5 rings (SSSR count). The molecule has 0 radical (unpaired) electrons. The van der Waals surface area contributed by atoms with Crippen LogP contribution in [0, 0.1) is 29.0 Å². The zero-order valence-electron chi connectivity index (χ0n) is 19.5. The highest BCUT2D eigenvalue weighted by Crippen LogP contribution is 2.57. The van der Waals surface area contributed by atoms with E-state index in [1.54, 1.807) is 18.2 Å². The quantitative estimate of drug-likeness (QED) is 0.372. The lowest BCUT2D eigenvalue weighted by molar-refractivity contribution is -0.111. The topological polar surface area (TPSA) is 70.1 Å². The summed E-state index contributed by atoms with van der Waals surface area (Å²) in [6.45, 7) is 10.0. The van der Waals surface area contributed by atoms with Gasteiger partial charge >= 0.3 is 0 Å². The number of halogens is 2. The van der Waals surface area contributed by atoms with Crippen molar-refractivity contribution in [3.8, 4) is 11.8 Å². The number of piperidine rings is 1. The van der Waals surface area contributed by atoms with Crippen LogP contribution < -0.4 is 10.6 Å². The van der Waals surface area contributed by atoms with Crippen molar-refractivity contribution in [3.63, 3.8) is 0 Å². The molecule has 1 aliphatic heterocycles. The maximum absolute atomic E-state index is 14.5. The van der Waals surface area contributed by atoms with E-state index in [0.717, 1.165) is 19.5 Å². The molecule has 2 heterocycles. The van der Waals surface area contributed by atoms with Crippen molar-refractivity contribution < 1.29 is 9.18 Å². The highest BCUT2D eigenvalue weighted by Gasteiger charge is 2.59. The van der Waals surface area contributed by atoms with Gasteiger partial charge in [0.25, 0.3) is 0 Å². The average molecular weight is 490 g/mol. The molecule has 8 heteroatoms. The minimum absolute atomic E-state index is 0.00515. The first-order valence-corrected chi connectivity index (χ1v) is 11.9. The van der Waals surface area contributed by atoms with Gasteiger partial charge in [0.1, 0.15) is 12.1 Å². The number of anilines is 3. The highest BCUT2D eigenvalue weighted by atomic mass is 35.5. The molecule has 1 aromatic heterocycles. The molecule has 0 spiro atoms. The van der Waals surface area contributed by atoms with Gasteiger partial charge in [-0.2, -0.15) is 0 Å². The van der Waals surface area contributed by atoms with Crippen LogP contribution in [0.4, 0.5) is 21.6 Å². The van der Waals surface area contributed by atoms with Gasteiger partial charge in [-0.25, -0.2) is 14.4 Å². The molecule has 35 heavy (non-hydrogen) atoms. The first-order valence-electron chi connectivity index (χ1n) is 11.5. The van der Waals surface area contributed by atoms with Crippen LogP contribution in [0.2, 0.25) is 5.02 Å². The summed E-state index contributed by atoms with van der Waals surface area (Å²) in [5.41, 5.74) is 2.00. The lowest BCUT2D eigenvalue weighted by Gasteiger charge is -2.22. The number of aromatic nitrogens is 2. The maximum atomic E-state index is 14.5. The van der Waals surface area contributed by atoms with E-state index in [-0.39, 0.29) is 22.0 Å². The van der Waals surface area contributed by atoms with Gasteiger partial charge in [0.05, 0.1) is 27.5 Å². The Balaban J connectivity index is 1.54. The maximum Gasteiger partial charge on any atom is 0.247 e. The van der Waals surface area contributed by atoms with Gasteiger partial charge in [-0.05, 0) is 56.5 Å². The summed E-state index contributed by atoms with van der Waals surface area (Å²) in [4.78, 5) is 23.3. The molecular formula is C27H25ClFN5O. The number of fused-ring (bicyclic) bond motifs is 2. The summed E-state index contributed by atoms with van der Waals surface area (Å²) in [5.74, 6) is 6.87. The molecule has 2 atom stereocenters. The van der Waals surface area contributed by atoms with Crippen LogP contribution in [0.15, 0.2) is 49.3 Å². The number of amides is 1. The molecule has 0 bridgehead atoms. The Hall–Kier alpha value is -3.47. The number of hydrogen-bond donors (Lipinski definition) is 2. The molecule has 2 fully saturated rings. The van der Waals surface area contributed by atoms with Crippen molar-refractivity contribution in [2.24, 2.45) is 11.3 Å². The van der Waals surface area contributed by atoms with Gasteiger partial charge in [0.15, 0.2) is 5.82 Å². The van der Waals surface area contributed by atoms with E-state index in [0.29, 0.717) is 39.9 Å². The van der Waals surface area contributed by atoms with Crippen LogP contribution in [0.25, 0.3) is 10.9 Å². The predicted molar refractivity (Wildman–Crippen MR) is 137 cm³/mol. The minimum atomic E-state index is -0.575. The second-order valence-corrected chi connectivity index (χ2v) is 9.79. The molecule has 1 aliphatic carbocycles. The van der Waals surface area contributed by atoms with E-state index < -0.39 is 5.82 Å². The van der Waals surface area contributed by atoms with E-state index in [1.807, 2.05) is 6.07 Å². The van der Waals surface area contributed by atoms with Crippen molar-refractivity contribution in [1.82, 2.24) is 14.9 Å². The van der Waals surface area contributed by atoms with E-state index in [9.17, 15) is 9.18 Å². The van der Waals surface area contributed by atoms with Gasteiger partial charge in [0, 0.05) is 29.9 Å². The van der Waals surface area contributed by atoms with Crippen LogP contribution in [0.1, 0.15) is 25.8 Å². The highest BCUT2D eigenvalue weighted by molar-refractivity contribution is 6.31. The molecule has 6 nitrogen and oxygen atoms in total. The van der Waals surface area contributed by atoms with Crippen LogP contribution in [-0.4, -0.2) is 39.9 Å². The zero-order valence-corrected chi connectivity index (χ0v) is 20.3. The third-order valence-corrected chi connectivity index (χ3v) is 7.06. The van der Waals surface area contributed by atoms with E-state index in [2.05, 4.69) is 57.8 Å². The molecule has 178 valence electrons. The van der Waals surface area contributed by atoms with Gasteiger partial charge in [-0.3, -0.25) is 9.69 Å². The van der Waals surface area contributed by atoms with Crippen LogP contribution in [0.3, 0.4) is 0 Å². The molecule has 0 unspecified atom stereocenters. The van der Waals surface area contributed by atoms with Gasteiger partial charge in [-0.15, -0.1) is 0 Å².